The number of benzene rings is 1. The molecule has 1 aromatic carbocycles. The Morgan fingerprint density at radius 1 is 1.37 bits per heavy atom. The van der Waals surface area contributed by atoms with Crippen molar-refractivity contribution in [3.05, 3.63) is 59.4 Å². The summed E-state index contributed by atoms with van der Waals surface area (Å²) in [6.45, 7) is 1.74. The number of aromatic carboxylic acids is 1. The van der Waals surface area contributed by atoms with Crippen molar-refractivity contribution >= 4 is 11.7 Å². The van der Waals surface area contributed by atoms with Crippen LogP contribution in [0.25, 0.3) is 0 Å². The first-order valence-corrected chi connectivity index (χ1v) is 6.24. The van der Waals surface area contributed by atoms with E-state index in [1.807, 2.05) is 18.3 Å². The van der Waals surface area contributed by atoms with E-state index in [1.54, 1.807) is 18.3 Å². The lowest BCUT2D eigenvalue weighted by molar-refractivity contribution is 0.0697. The van der Waals surface area contributed by atoms with Crippen LogP contribution in [0.4, 0.5) is 5.69 Å². The standard InChI is InChI=1S/C15H14N2O2/c18-15(19)13-3-4-14-12(8-13)5-7-17(14)10-11-2-1-6-16-9-11/h1-4,6,8-9H,5,7,10H2,(H,18,19). The Morgan fingerprint density at radius 2 is 2.26 bits per heavy atom. The van der Waals surface area contributed by atoms with Crippen LogP contribution in [-0.4, -0.2) is 22.6 Å². The largest absolute Gasteiger partial charge is 0.478 e. The van der Waals surface area contributed by atoms with Gasteiger partial charge in [-0.15, -0.1) is 0 Å². The lowest BCUT2D eigenvalue weighted by Gasteiger charge is -2.19. The fourth-order valence-electron chi connectivity index (χ4n) is 2.48. The smallest absolute Gasteiger partial charge is 0.335 e. The maximum absolute atomic E-state index is 11.0. The Labute approximate surface area is 111 Å². The number of pyridine rings is 1. The van der Waals surface area contributed by atoms with E-state index in [2.05, 4.69) is 16.0 Å². The molecule has 0 amide bonds. The Kier molecular flexibility index (Phi) is 2.91. The number of aromatic nitrogens is 1. The number of fused-ring (bicyclic) bond motifs is 1. The third kappa shape index (κ3) is 2.29. The van der Waals surface area contributed by atoms with Crippen LogP contribution >= 0.6 is 0 Å². The van der Waals surface area contributed by atoms with Crippen molar-refractivity contribution in [2.75, 3.05) is 11.4 Å². The number of hydrogen-bond donors (Lipinski definition) is 1. The predicted octanol–water partition coefficient (Wildman–Crippen LogP) is 2.34. The number of carboxylic acids is 1. The van der Waals surface area contributed by atoms with Crippen molar-refractivity contribution < 1.29 is 9.90 Å². The molecular weight excluding hydrogens is 240 g/mol. The molecule has 0 fully saturated rings. The van der Waals surface area contributed by atoms with Gasteiger partial charge in [0, 0.05) is 31.2 Å². The van der Waals surface area contributed by atoms with Gasteiger partial charge in [-0.25, -0.2) is 4.79 Å². The third-order valence-electron chi connectivity index (χ3n) is 3.41. The second kappa shape index (κ2) is 4.72. The number of anilines is 1. The molecule has 96 valence electrons. The zero-order valence-corrected chi connectivity index (χ0v) is 10.4. The molecule has 1 aromatic heterocycles. The molecule has 1 N–H and O–H groups in total. The van der Waals surface area contributed by atoms with Gasteiger partial charge in [0.25, 0.3) is 0 Å². The monoisotopic (exact) mass is 254 g/mol. The van der Waals surface area contributed by atoms with Crippen LogP contribution in [0, 0.1) is 0 Å². The summed E-state index contributed by atoms with van der Waals surface area (Å²) in [5.74, 6) is -0.867. The summed E-state index contributed by atoms with van der Waals surface area (Å²) in [7, 11) is 0. The van der Waals surface area contributed by atoms with E-state index in [0.717, 1.165) is 36.3 Å². The summed E-state index contributed by atoms with van der Waals surface area (Å²) in [5, 5.41) is 9.00. The van der Waals surface area contributed by atoms with Gasteiger partial charge in [-0.2, -0.15) is 0 Å². The predicted molar refractivity (Wildman–Crippen MR) is 72.4 cm³/mol. The highest BCUT2D eigenvalue weighted by Gasteiger charge is 2.20. The van der Waals surface area contributed by atoms with Crippen molar-refractivity contribution in [1.82, 2.24) is 4.98 Å². The van der Waals surface area contributed by atoms with Crippen LogP contribution in [0.5, 0.6) is 0 Å². The number of rotatable bonds is 3. The molecular formula is C15H14N2O2. The molecule has 1 aliphatic rings. The molecule has 0 aliphatic carbocycles. The minimum absolute atomic E-state index is 0.363. The topological polar surface area (TPSA) is 53.4 Å². The zero-order valence-electron chi connectivity index (χ0n) is 10.4. The summed E-state index contributed by atoms with van der Waals surface area (Å²) in [4.78, 5) is 17.3. The van der Waals surface area contributed by atoms with Crippen molar-refractivity contribution in [2.45, 2.75) is 13.0 Å². The maximum Gasteiger partial charge on any atom is 0.335 e. The van der Waals surface area contributed by atoms with Gasteiger partial charge in [0.15, 0.2) is 0 Å². The van der Waals surface area contributed by atoms with Gasteiger partial charge in [0.1, 0.15) is 0 Å². The lowest BCUT2D eigenvalue weighted by Crippen LogP contribution is -2.19. The highest BCUT2D eigenvalue weighted by molar-refractivity contribution is 5.88. The fourth-order valence-corrected chi connectivity index (χ4v) is 2.48. The first-order chi connectivity index (χ1) is 9.24. The molecule has 2 heterocycles. The van der Waals surface area contributed by atoms with E-state index in [-0.39, 0.29) is 0 Å². The quantitative estimate of drug-likeness (QED) is 0.913. The van der Waals surface area contributed by atoms with Crippen molar-refractivity contribution in [2.24, 2.45) is 0 Å². The molecule has 0 bridgehead atoms. The molecule has 4 nitrogen and oxygen atoms in total. The van der Waals surface area contributed by atoms with Crippen LogP contribution in [0.15, 0.2) is 42.7 Å². The first-order valence-electron chi connectivity index (χ1n) is 6.24. The molecule has 19 heavy (non-hydrogen) atoms. The summed E-state index contributed by atoms with van der Waals surface area (Å²) in [6, 6.07) is 9.34. The van der Waals surface area contributed by atoms with E-state index in [1.165, 1.54) is 0 Å². The highest BCUT2D eigenvalue weighted by atomic mass is 16.4. The number of carboxylic acid groups (broad SMARTS) is 1. The van der Waals surface area contributed by atoms with E-state index in [9.17, 15) is 4.79 Å². The van der Waals surface area contributed by atoms with E-state index >= 15 is 0 Å². The minimum atomic E-state index is -0.867. The van der Waals surface area contributed by atoms with Gasteiger partial charge < -0.3 is 10.0 Å². The van der Waals surface area contributed by atoms with Crippen LogP contribution < -0.4 is 4.90 Å². The van der Waals surface area contributed by atoms with Crippen LogP contribution in [0.1, 0.15) is 21.5 Å². The lowest BCUT2D eigenvalue weighted by atomic mass is 10.1. The number of hydrogen-bond acceptors (Lipinski definition) is 3. The zero-order chi connectivity index (χ0) is 13.2. The summed E-state index contributed by atoms with van der Waals surface area (Å²) >= 11 is 0. The van der Waals surface area contributed by atoms with Gasteiger partial charge in [-0.3, -0.25) is 4.98 Å². The number of nitrogens with zero attached hydrogens (tertiary/aromatic N) is 2. The average molecular weight is 254 g/mol. The van der Waals surface area contributed by atoms with Gasteiger partial charge in [0.2, 0.25) is 0 Å². The van der Waals surface area contributed by atoms with Crippen LogP contribution in [0.3, 0.4) is 0 Å². The second-order valence-corrected chi connectivity index (χ2v) is 4.68. The molecule has 0 saturated heterocycles. The average Bonchev–Trinajstić information content (AvgIpc) is 2.82. The first kappa shape index (κ1) is 11.7. The van der Waals surface area contributed by atoms with Gasteiger partial charge in [-0.05, 0) is 41.8 Å². The van der Waals surface area contributed by atoms with Crippen molar-refractivity contribution in [3.8, 4) is 0 Å². The summed E-state index contributed by atoms with van der Waals surface area (Å²) in [6.07, 6.45) is 4.53. The molecule has 3 rings (SSSR count). The molecule has 0 atom stereocenters. The summed E-state index contributed by atoms with van der Waals surface area (Å²) in [5.41, 5.74) is 3.78. The van der Waals surface area contributed by atoms with E-state index in [4.69, 9.17) is 5.11 Å². The molecule has 2 aromatic rings. The summed E-state index contributed by atoms with van der Waals surface area (Å²) < 4.78 is 0. The van der Waals surface area contributed by atoms with Gasteiger partial charge >= 0.3 is 5.97 Å². The third-order valence-corrected chi connectivity index (χ3v) is 3.41. The molecule has 0 radical (unpaired) electrons. The Morgan fingerprint density at radius 3 is 3.00 bits per heavy atom. The normalized spacial score (nSPS) is 13.4. The molecule has 1 aliphatic heterocycles. The van der Waals surface area contributed by atoms with Crippen molar-refractivity contribution in [1.29, 1.82) is 0 Å². The van der Waals surface area contributed by atoms with Gasteiger partial charge in [-0.1, -0.05) is 6.07 Å². The molecule has 0 saturated carbocycles. The van der Waals surface area contributed by atoms with Crippen LogP contribution in [-0.2, 0) is 13.0 Å². The Bertz CT molecular complexity index is 611. The second-order valence-electron chi connectivity index (χ2n) is 4.68. The minimum Gasteiger partial charge on any atom is -0.478 e. The SMILES string of the molecule is O=C(O)c1ccc2c(c1)CCN2Cc1cccnc1. The van der Waals surface area contributed by atoms with Crippen LogP contribution in [0.2, 0.25) is 0 Å². The van der Waals surface area contributed by atoms with Crippen molar-refractivity contribution in [3.63, 3.8) is 0 Å². The van der Waals surface area contributed by atoms with E-state index in [0.29, 0.717) is 5.56 Å². The maximum atomic E-state index is 11.0. The van der Waals surface area contributed by atoms with Gasteiger partial charge in [0.05, 0.1) is 5.56 Å². The molecule has 4 heteroatoms. The fraction of sp³-hybridized carbons (Fsp3) is 0.200. The molecule has 0 spiro atoms. The Balaban J connectivity index is 1.84. The molecule has 0 unspecified atom stereocenters. The van der Waals surface area contributed by atoms with E-state index < -0.39 is 5.97 Å². The highest BCUT2D eigenvalue weighted by Crippen LogP contribution is 2.30. The Hall–Kier alpha value is -2.36. The number of carbonyl (C=O) groups is 1.